The van der Waals surface area contributed by atoms with Crippen molar-refractivity contribution in [2.45, 2.75) is 0 Å². The van der Waals surface area contributed by atoms with Gasteiger partial charge in [0.1, 0.15) is 6.34 Å². The molecule has 1 aliphatic rings. The Labute approximate surface area is 80.6 Å². The highest BCUT2D eigenvalue weighted by atomic mass is 15.2. The standard InChI is InChI=1S/C10H8N4/c1-2-4-9-8(3-1)13-10-12-6-5-11-7-14(9)10/h1-7H,(H,12,13). The minimum Gasteiger partial charge on any atom is -0.330 e. The van der Waals surface area contributed by atoms with E-state index in [2.05, 4.69) is 15.3 Å². The Kier molecular flexibility index (Phi) is 1.41. The summed E-state index contributed by atoms with van der Waals surface area (Å²) >= 11 is 0. The number of aromatic nitrogens is 2. The van der Waals surface area contributed by atoms with Gasteiger partial charge >= 0.3 is 0 Å². The number of fused-ring (bicyclic) bond motifs is 3. The molecule has 0 bridgehead atoms. The second-order valence-corrected chi connectivity index (χ2v) is 3.02. The topological polar surface area (TPSA) is 42.2 Å². The predicted octanol–water partition coefficient (Wildman–Crippen LogP) is 1.81. The molecule has 0 fully saturated rings. The van der Waals surface area contributed by atoms with Crippen molar-refractivity contribution in [3.8, 4) is 0 Å². The SMILES string of the molecule is C1=CNc2nc3ccccc3n2C=N1. The van der Waals surface area contributed by atoms with E-state index in [4.69, 9.17) is 0 Å². The molecule has 0 atom stereocenters. The molecule has 0 radical (unpaired) electrons. The minimum absolute atomic E-state index is 0.795. The van der Waals surface area contributed by atoms with Gasteiger partial charge in [0.25, 0.3) is 0 Å². The Morgan fingerprint density at radius 3 is 3.14 bits per heavy atom. The number of benzene rings is 1. The molecule has 1 aromatic carbocycles. The van der Waals surface area contributed by atoms with Crippen LogP contribution in [0.15, 0.2) is 41.7 Å². The van der Waals surface area contributed by atoms with Gasteiger partial charge in [0.05, 0.1) is 11.0 Å². The van der Waals surface area contributed by atoms with Gasteiger partial charge < -0.3 is 5.32 Å². The summed E-state index contributed by atoms with van der Waals surface area (Å²) in [6.07, 6.45) is 5.21. The van der Waals surface area contributed by atoms with E-state index >= 15 is 0 Å². The molecule has 1 aliphatic heterocycles. The molecule has 4 heteroatoms. The van der Waals surface area contributed by atoms with Crippen LogP contribution < -0.4 is 5.32 Å². The molecule has 0 spiro atoms. The van der Waals surface area contributed by atoms with Gasteiger partial charge in [-0.15, -0.1) is 0 Å². The molecule has 0 saturated carbocycles. The summed E-state index contributed by atoms with van der Waals surface area (Å²) in [5.74, 6) is 0.795. The van der Waals surface area contributed by atoms with Gasteiger partial charge in [-0.05, 0) is 12.1 Å². The molecule has 0 aliphatic carbocycles. The van der Waals surface area contributed by atoms with Crippen LogP contribution in [0.25, 0.3) is 11.0 Å². The maximum atomic E-state index is 4.42. The Morgan fingerprint density at radius 2 is 2.14 bits per heavy atom. The fourth-order valence-corrected chi connectivity index (χ4v) is 1.52. The number of hydrogen-bond donors (Lipinski definition) is 1. The molecule has 0 saturated heterocycles. The van der Waals surface area contributed by atoms with Gasteiger partial charge in [-0.3, -0.25) is 4.57 Å². The third-order valence-electron chi connectivity index (χ3n) is 2.15. The van der Waals surface area contributed by atoms with Crippen LogP contribution in [0, 0.1) is 0 Å². The molecule has 68 valence electrons. The van der Waals surface area contributed by atoms with Crippen molar-refractivity contribution in [1.29, 1.82) is 0 Å². The predicted molar refractivity (Wildman–Crippen MR) is 56.4 cm³/mol. The van der Waals surface area contributed by atoms with E-state index in [1.807, 2.05) is 28.8 Å². The second kappa shape index (κ2) is 2.70. The van der Waals surface area contributed by atoms with Crippen LogP contribution in [0.4, 0.5) is 5.95 Å². The monoisotopic (exact) mass is 184 g/mol. The summed E-state index contributed by atoms with van der Waals surface area (Å²) in [5.41, 5.74) is 2.03. The summed E-state index contributed by atoms with van der Waals surface area (Å²) in [5, 5.41) is 3.06. The molecule has 14 heavy (non-hydrogen) atoms. The Morgan fingerprint density at radius 1 is 1.21 bits per heavy atom. The zero-order chi connectivity index (χ0) is 9.38. The summed E-state index contributed by atoms with van der Waals surface area (Å²) < 4.78 is 1.93. The fraction of sp³-hybridized carbons (Fsp3) is 0. The lowest BCUT2D eigenvalue weighted by atomic mass is 10.3. The van der Waals surface area contributed by atoms with Crippen LogP contribution in [0.3, 0.4) is 0 Å². The summed E-state index contributed by atoms with van der Waals surface area (Å²) in [6.45, 7) is 0. The highest BCUT2D eigenvalue weighted by molar-refractivity contribution is 5.87. The molecular formula is C10H8N4. The number of aliphatic imine (C=N–C) groups is 1. The summed E-state index contributed by atoms with van der Waals surface area (Å²) in [6, 6.07) is 7.96. The van der Waals surface area contributed by atoms with E-state index in [0.717, 1.165) is 17.0 Å². The van der Waals surface area contributed by atoms with Crippen molar-refractivity contribution >= 4 is 23.3 Å². The van der Waals surface area contributed by atoms with E-state index in [1.54, 1.807) is 18.7 Å². The van der Waals surface area contributed by atoms with Crippen LogP contribution in [0.5, 0.6) is 0 Å². The number of nitrogens with one attached hydrogen (secondary N) is 1. The van der Waals surface area contributed by atoms with Crippen molar-refractivity contribution in [2.75, 3.05) is 5.32 Å². The molecule has 0 amide bonds. The zero-order valence-electron chi connectivity index (χ0n) is 7.38. The molecule has 1 aromatic heterocycles. The first-order chi connectivity index (χ1) is 6.95. The number of hydrogen-bond acceptors (Lipinski definition) is 3. The van der Waals surface area contributed by atoms with E-state index in [-0.39, 0.29) is 0 Å². The van der Waals surface area contributed by atoms with Gasteiger partial charge in [0, 0.05) is 12.4 Å². The zero-order valence-corrected chi connectivity index (χ0v) is 7.38. The highest BCUT2D eigenvalue weighted by Gasteiger charge is 2.07. The van der Waals surface area contributed by atoms with Crippen LogP contribution in [-0.2, 0) is 0 Å². The van der Waals surface area contributed by atoms with Crippen molar-refractivity contribution in [3.05, 3.63) is 36.7 Å². The van der Waals surface area contributed by atoms with Crippen molar-refractivity contribution < 1.29 is 0 Å². The summed E-state index contributed by atoms with van der Waals surface area (Å²) in [4.78, 5) is 8.51. The van der Waals surface area contributed by atoms with Crippen molar-refractivity contribution in [1.82, 2.24) is 9.55 Å². The molecule has 1 N–H and O–H groups in total. The number of anilines is 1. The molecule has 0 unspecified atom stereocenters. The molecule has 2 heterocycles. The van der Waals surface area contributed by atoms with Crippen molar-refractivity contribution in [2.24, 2.45) is 4.99 Å². The molecular weight excluding hydrogens is 176 g/mol. The molecule has 2 aromatic rings. The van der Waals surface area contributed by atoms with Gasteiger partial charge in [0.2, 0.25) is 5.95 Å². The normalized spacial score (nSPS) is 13.7. The maximum absolute atomic E-state index is 4.42. The van der Waals surface area contributed by atoms with E-state index < -0.39 is 0 Å². The number of nitrogens with zero attached hydrogens (tertiary/aromatic N) is 3. The van der Waals surface area contributed by atoms with Crippen LogP contribution in [-0.4, -0.2) is 15.9 Å². The Balaban J connectivity index is 2.37. The first-order valence-electron chi connectivity index (χ1n) is 4.37. The van der Waals surface area contributed by atoms with Gasteiger partial charge in [-0.25, -0.2) is 9.98 Å². The van der Waals surface area contributed by atoms with Gasteiger partial charge in [-0.2, -0.15) is 0 Å². The van der Waals surface area contributed by atoms with E-state index in [9.17, 15) is 0 Å². The van der Waals surface area contributed by atoms with E-state index in [1.165, 1.54) is 0 Å². The lowest BCUT2D eigenvalue weighted by molar-refractivity contribution is 1.20. The van der Waals surface area contributed by atoms with Crippen LogP contribution >= 0.6 is 0 Å². The van der Waals surface area contributed by atoms with Crippen LogP contribution in [0.1, 0.15) is 0 Å². The third kappa shape index (κ3) is 0.939. The van der Waals surface area contributed by atoms with Gasteiger partial charge in [0.15, 0.2) is 0 Å². The average Bonchev–Trinajstić information content (AvgIpc) is 2.42. The third-order valence-corrected chi connectivity index (χ3v) is 2.15. The first kappa shape index (κ1) is 7.32. The number of para-hydroxylation sites is 2. The number of imidazole rings is 1. The maximum Gasteiger partial charge on any atom is 0.213 e. The lowest BCUT2D eigenvalue weighted by Crippen LogP contribution is -1.99. The summed E-state index contributed by atoms with van der Waals surface area (Å²) in [7, 11) is 0. The average molecular weight is 184 g/mol. The first-order valence-corrected chi connectivity index (χ1v) is 4.37. The smallest absolute Gasteiger partial charge is 0.213 e. The van der Waals surface area contributed by atoms with E-state index in [0.29, 0.717) is 0 Å². The lowest BCUT2D eigenvalue weighted by Gasteiger charge is -1.97. The largest absolute Gasteiger partial charge is 0.330 e. The Bertz CT molecular complexity index is 536. The fourth-order valence-electron chi connectivity index (χ4n) is 1.52. The Hall–Kier alpha value is -2.10. The van der Waals surface area contributed by atoms with Crippen LogP contribution in [0.2, 0.25) is 0 Å². The quantitative estimate of drug-likeness (QED) is 0.678. The highest BCUT2D eigenvalue weighted by Crippen LogP contribution is 2.18. The molecule has 4 nitrogen and oxygen atoms in total. The van der Waals surface area contributed by atoms with Gasteiger partial charge in [-0.1, -0.05) is 12.1 Å². The number of rotatable bonds is 0. The second-order valence-electron chi connectivity index (χ2n) is 3.02. The minimum atomic E-state index is 0.795. The van der Waals surface area contributed by atoms with Crippen molar-refractivity contribution in [3.63, 3.8) is 0 Å². The molecule has 3 rings (SSSR count).